The number of oxime groups is 1. The molecule has 0 atom stereocenters. The van der Waals surface area contributed by atoms with Crippen molar-refractivity contribution in [3.63, 3.8) is 0 Å². The molecule has 1 aromatic rings. The molecule has 1 aliphatic rings. The number of rotatable bonds is 5. The third-order valence-electron chi connectivity index (χ3n) is 3.14. The Morgan fingerprint density at radius 2 is 1.94 bits per heavy atom. The summed E-state index contributed by atoms with van der Waals surface area (Å²) in [5, 5.41) is 4.03. The molecule has 0 bridgehead atoms. The molecule has 3 heteroatoms. The van der Waals surface area contributed by atoms with Crippen molar-refractivity contribution < 1.29 is 9.57 Å². The van der Waals surface area contributed by atoms with Crippen LogP contribution in [0.4, 0.5) is 0 Å². The van der Waals surface area contributed by atoms with Gasteiger partial charge in [-0.15, -0.1) is 0 Å². The molecule has 0 aliphatic heterocycles. The summed E-state index contributed by atoms with van der Waals surface area (Å²) in [4.78, 5) is 5.28. The van der Waals surface area contributed by atoms with Crippen molar-refractivity contribution in [3.8, 4) is 5.75 Å². The lowest BCUT2D eigenvalue weighted by molar-refractivity contribution is 0.130. The van der Waals surface area contributed by atoms with E-state index in [4.69, 9.17) is 9.57 Å². The number of benzene rings is 1. The number of nitrogens with zero attached hydrogens (tertiary/aromatic N) is 1. The molecule has 0 saturated heterocycles. The number of methoxy groups -OCH3 is 1. The van der Waals surface area contributed by atoms with E-state index < -0.39 is 0 Å². The van der Waals surface area contributed by atoms with E-state index in [1.165, 1.54) is 25.7 Å². The van der Waals surface area contributed by atoms with E-state index in [0.717, 1.165) is 11.3 Å². The Hall–Kier alpha value is -1.51. The fourth-order valence-electron chi connectivity index (χ4n) is 2.07. The first-order chi connectivity index (χ1) is 8.38. The fourth-order valence-corrected chi connectivity index (χ4v) is 2.07. The summed E-state index contributed by atoms with van der Waals surface area (Å²) in [7, 11) is 1.66. The molecule has 0 amide bonds. The Labute approximate surface area is 102 Å². The van der Waals surface area contributed by atoms with E-state index in [9.17, 15) is 0 Å². The number of ether oxygens (including phenoxy) is 1. The third-order valence-corrected chi connectivity index (χ3v) is 3.14. The summed E-state index contributed by atoms with van der Waals surface area (Å²) in [5.74, 6) is 1.49. The molecule has 92 valence electrons. The first-order valence-corrected chi connectivity index (χ1v) is 6.17. The predicted octanol–water partition coefficient (Wildman–Crippen LogP) is 3.39. The van der Waals surface area contributed by atoms with Gasteiger partial charge in [0.25, 0.3) is 0 Å². The van der Waals surface area contributed by atoms with Gasteiger partial charge in [0, 0.05) is 6.21 Å². The molecule has 0 spiro atoms. The second kappa shape index (κ2) is 6.28. The Balaban J connectivity index is 1.73. The monoisotopic (exact) mass is 233 g/mol. The van der Waals surface area contributed by atoms with E-state index in [2.05, 4.69) is 5.16 Å². The van der Waals surface area contributed by atoms with Crippen LogP contribution in [0.5, 0.6) is 5.75 Å². The van der Waals surface area contributed by atoms with Crippen LogP contribution in [-0.4, -0.2) is 13.3 Å². The Morgan fingerprint density at radius 1 is 1.24 bits per heavy atom. The van der Waals surface area contributed by atoms with Crippen LogP contribution < -0.4 is 4.74 Å². The van der Waals surface area contributed by atoms with Crippen molar-refractivity contribution >= 4 is 6.21 Å². The van der Waals surface area contributed by atoms with Crippen LogP contribution in [0.2, 0.25) is 0 Å². The highest BCUT2D eigenvalue weighted by molar-refractivity contribution is 5.60. The van der Waals surface area contributed by atoms with Crippen LogP contribution in [-0.2, 0) is 11.4 Å². The molecule has 3 nitrogen and oxygen atoms in total. The molecule has 1 aliphatic carbocycles. The van der Waals surface area contributed by atoms with Crippen LogP contribution in [0.15, 0.2) is 29.4 Å². The summed E-state index contributed by atoms with van der Waals surface area (Å²) >= 11 is 0. The van der Waals surface area contributed by atoms with E-state index in [1.807, 2.05) is 30.5 Å². The van der Waals surface area contributed by atoms with Crippen LogP contribution in [0.25, 0.3) is 0 Å². The van der Waals surface area contributed by atoms with Gasteiger partial charge in [0.05, 0.1) is 7.11 Å². The molecule has 0 heterocycles. The maximum Gasteiger partial charge on any atom is 0.142 e. The molecule has 0 N–H and O–H groups in total. The Bertz CT molecular complexity index is 353. The van der Waals surface area contributed by atoms with Crippen molar-refractivity contribution in [2.24, 2.45) is 11.1 Å². The molecular formula is C14H19NO2. The average molecular weight is 233 g/mol. The van der Waals surface area contributed by atoms with Gasteiger partial charge in [-0.3, -0.25) is 0 Å². The summed E-state index contributed by atoms with van der Waals surface area (Å²) < 4.78 is 5.09. The molecule has 1 fully saturated rings. The fraction of sp³-hybridized carbons (Fsp3) is 0.500. The molecule has 2 rings (SSSR count). The van der Waals surface area contributed by atoms with Crippen molar-refractivity contribution in [3.05, 3.63) is 29.8 Å². The van der Waals surface area contributed by atoms with E-state index in [-0.39, 0.29) is 0 Å². The lowest BCUT2D eigenvalue weighted by Gasteiger charge is -2.03. The summed E-state index contributed by atoms with van der Waals surface area (Å²) in [6, 6.07) is 7.84. The normalized spacial score (nSPS) is 16.5. The summed E-state index contributed by atoms with van der Waals surface area (Å²) in [6.45, 7) is 0.521. The largest absolute Gasteiger partial charge is 0.497 e. The summed E-state index contributed by atoms with van der Waals surface area (Å²) in [6.07, 6.45) is 7.13. The van der Waals surface area contributed by atoms with E-state index >= 15 is 0 Å². The van der Waals surface area contributed by atoms with Crippen molar-refractivity contribution in [1.82, 2.24) is 0 Å². The number of hydrogen-bond acceptors (Lipinski definition) is 3. The first-order valence-electron chi connectivity index (χ1n) is 6.17. The molecule has 0 aromatic heterocycles. The van der Waals surface area contributed by atoms with Crippen LogP contribution >= 0.6 is 0 Å². The van der Waals surface area contributed by atoms with Gasteiger partial charge in [-0.2, -0.15) is 0 Å². The molecule has 1 aromatic carbocycles. The third kappa shape index (κ3) is 3.77. The zero-order valence-corrected chi connectivity index (χ0v) is 10.3. The molecule has 0 unspecified atom stereocenters. The molecular weight excluding hydrogens is 214 g/mol. The van der Waals surface area contributed by atoms with Crippen LogP contribution in [0.1, 0.15) is 31.2 Å². The predicted molar refractivity (Wildman–Crippen MR) is 68.2 cm³/mol. The molecule has 17 heavy (non-hydrogen) atoms. The van der Waals surface area contributed by atoms with Gasteiger partial charge in [0.2, 0.25) is 0 Å². The van der Waals surface area contributed by atoms with E-state index in [0.29, 0.717) is 12.5 Å². The topological polar surface area (TPSA) is 30.8 Å². The van der Waals surface area contributed by atoms with Crippen molar-refractivity contribution in [2.75, 3.05) is 7.11 Å². The maximum atomic E-state index is 5.28. The minimum absolute atomic E-state index is 0.521. The smallest absolute Gasteiger partial charge is 0.142 e. The minimum atomic E-state index is 0.521. The van der Waals surface area contributed by atoms with Crippen molar-refractivity contribution in [1.29, 1.82) is 0 Å². The maximum absolute atomic E-state index is 5.28. The Kier molecular flexibility index (Phi) is 4.42. The lowest BCUT2D eigenvalue weighted by Crippen LogP contribution is -1.95. The molecule has 1 saturated carbocycles. The number of hydrogen-bond donors (Lipinski definition) is 0. The zero-order chi connectivity index (χ0) is 11.9. The quantitative estimate of drug-likeness (QED) is 0.576. The zero-order valence-electron chi connectivity index (χ0n) is 10.3. The van der Waals surface area contributed by atoms with Gasteiger partial charge in [0.1, 0.15) is 12.4 Å². The highest BCUT2D eigenvalue weighted by atomic mass is 16.6. The second-order valence-corrected chi connectivity index (χ2v) is 4.42. The average Bonchev–Trinajstić information content (AvgIpc) is 2.88. The van der Waals surface area contributed by atoms with Crippen molar-refractivity contribution in [2.45, 2.75) is 32.3 Å². The first kappa shape index (κ1) is 12.0. The highest BCUT2D eigenvalue weighted by Crippen LogP contribution is 2.22. The highest BCUT2D eigenvalue weighted by Gasteiger charge is 2.12. The summed E-state index contributed by atoms with van der Waals surface area (Å²) in [5.41, 5.74) is 1.11. The van der Waals surface area contributed by atoms with Gasteiger partial charge in [-0.25, -0.2) is 0 Å². The molecule has 0 radical (unpaired) electrons. The van der Waals surface area contributed by atoms with E-state index in [1.54, 1.807) is 7.11 Å². The van der Waals surface area contributed by atoms with Gasteiger partial charge in [-0.1, -0.05) is 30.1 Å². The minimum Gasteiger partial charge on any atom is -0.497 e. The van der Waals surface area contributed by atoms with Gasteiger partial charge >= 0.3 is 0 Å². The SMILES string of the molecule is COc1ccc(CON=CC2CCCC2)cc1. The van der Waals surface area contributed by atoms with Crippen LogP contribution in [0, 0.1) is 5.92 Å². The van der Waals surface area contributed by atoms with Gasteiger partial charge < -0.3 is 9.57 Å². The van der Waals surface area contributed by atoms with Gasteiger partial charge in [0.15, 0.2) is 0 Å². The lowest BCUT2D eigenvalue weighted by atomic mass is 10.1. The Morgan fingerprint density at radius 3 is 2.59 bits per heavy atom. The van der Waals surface area contributed by atoms with Gasteiger partial charge in [-0.05, 0) is 36.5 Å². The van der Waals surface area contributed by atoms with Crippen LogP contribution in [0.3, 0.4) is 0 Å². The second-order valence-electron chi connectivity index (χ2n) is 4.42. The standard InChI is InChI=1S/C14H19NO2/c1-16-14-8-6-13(7-9-14)11-17-15-10-12-4-2-3-5-12/h6-10,12H,2-5,11H2,1H3.